The molecule has 0 aliphatic heterocycles. The number of nitrogens with one attached hydrogen (secondary N) is 1. The Hall–Kier alpha value is -3.38. The number of rotatable bonds is 4. The Kier molecular flexibility index (Phi) is 5.18. The topological polar surface area (TPSA) is 64.0 Å². The first-order chi connectivity index (χ1) is 14.0. The highest BCUT2D eigenvalue weighted by molar-refractivity contribution is 7.80. The molecule has 0 bridgehead atoms. The summed E-state index contributed by atoms with van der Waals surface area (Å²) in [6.45, 7) is 2.34. The first kappa shape index (κ1) is 19.0. The van der Waals surface area contributed by atoms with Crippen molar-refractivity contribution in [2.75, 3.05) is 5.32 Å². The fraction of sp³-hybridized carbons (Fsp3) is 0.0870. The molecule has 0 saturated carbocycles. The van der Waals surface area contributed by atoms with Crippen molar-refractivity contribution in [3.8, 4) is 0 Å². The van der Waals surface area contributed by atoms with E-state index < -0.39 is 5.91 Å². The molecule has 144 valence electrons. The number of aromatic nitrogens is 2. The molecule has 2 aromatic carbocycles. The highest BCUT2D eigenvalue weighted by atomic mass is 32.1. The molecule has 4 rings (SSSR count). The third-order valence-corrected chi connectivity index (χ3v) is 5.10. The number of anilines is 1. The number of benzene rings is 2. The van der Waals surface area contributed by atoms with Gasteiger partial charge in [-0.05, 0) is 42.8 Å². The van der Waals surface area contributed by atoms with Gasteiger partial charge < -0.3 is 5.32 Å². The van der Waals surface area contributed by atoms with Gasteiger partial charge in [0.2, 0.25) is 0 Å². The second kappa shape index (κ2) is 7.93. The summed E-state index contributed by atoms with van der Waals surface area (Å²) in [6.07, 6.45) is 1.64. The van der Waals surface area contributed by atoms with E-state index in [1.165, 1.54) is 0 Å². The minimum atomic E-state index is -0.472. The van der Waals surface area contributed by atoms with E-state index in [1.807, 2.05) is 43.3 Å². The van der Waals surface area contributed by atoms with Crippen LogP contribution in [0.3, 0.4) is 0 Å². The standard InChI is InChI=1S/C23H19N3O2S/c1-15-8-10-16(11-9-15)14-26-21-17(5-4-12-24-21)13-18(23(26)28)22(27)25-19-6-2-3-7-20(19)29/h2-13,29H,14H2,1H3,(H,25,27). The zero-order valence-corrected chi connectivity index (χ0v) is 16.7. The average molecular weight is 401 g/mol. The molecule has 0 unspecified atom stereocenters. The van der Waals surface area contributed by atoms with Crippen molar-refractivity contribution in [1.29, 1.82) is 0 Å². The first-order valence-electron chi connectivity index (χ1n) is 9.16. The van der Waals surface area contributed by atoms with Crippen molar-refractivity contribution in [1.82, 2.24) is 9.55 Å². The number of amides is 1. The Bertz CT molecular complexity index is 1260. The van der Waals surface area contributed by atoms with Crippen LogP contribution in [0.1, 0.15) is 21.5 Å². The van der Waals surface area contributed by atoms with Gasteiger partial charge in [0.1, 0.15) is 11.2 Å². The zero-order valence-electron chi connectivity index (χ0n) is 15.8. The monoisotopic (exact) mass is 401 g/mol. The quantitative estimate of drug-likeness (QED) is 0.501. The van der Waals surface area contributed by atoms with E-state index in [0.29, 0.717) is 22.8 Å². The second-order valence-electron chi connectivity index (χ2n) is 6.82. The van der Waals surface area contributed by atoms with Gasteiger partial charge in [0, 0.05) is 16.5 Å². The summed E-state index contributed by atoms with van der Waals surface area (Å²) < 4.78 is 1.54. The minimum absolute atomic E-state index is 0.0641. The van der Waals surface area contributed by atoms with Crippen LogP contribution in [0.15, 0.2) is 82.6 Å². The summed E-state index contributed by atoms with van der Waals surface area (Å²) in [4.78, 5) is 31.1. The maximum absolute atomic E-state index is 13.2. The summed E-state index contributed by atoms with van der Waals surface area (Å²) in [7, 11) is 0. The summed E-state index contributed by atoms with van der Waals surface area (Å²) >= 11 is 4.36. The number of pyridine rings is 2. The first-order valence-corrected chi connectivity index (χ1v) is 9.61. The van der Waals surface area contributed by atoms with Crippen molar-refractivity contribution >= 4 is 35.3 Å². The SMILES string of the molecule is Cc1ccc(Cn2c(=O)c(C(=O)Nc3ccccc3S)cc3cccnc32)cc1. The number of hydrogen-bond donors (Lipinski definition) is 2. The Labute approximate surface area is 173 Å². The van der Waals surface area contributed by atoms with E-state index in [4.69, 9.17) is 0 Å². The lowest BCUT2D eigenvalue weighted by molar-refractivity contribution is 0.102. The lowest BCUT2D eigenvalue weighted by atomic mass is 10.1. The van der Waals surface area contributed by atoms with Gasteiger partial charge in [0.25, 0.3) is 11.5 Å². The number of carbonyl (C=O) groups excluding carboxylic acids is 1. The molecule has 1 N–H and O–H groups in total. The molecule has 2 heterocycles. The smallest absolute Gasteiger partial charge is 0.265 e. The van der Waals surface area contributed by atoms with E-state index in [2.05, 4.69) is 22.9 Å². The van der Waals surface area contributed by atoms with E-state index in [0.717, 1.165) is 16.5 Å². The summed E-state index contributed by atoms with van der Waals surface area (Å²) in [5.74, 6) is -0.472. The fourth-order valence-corrected chi connectivity index (χ4v) is 3.38. The fourth-order valence-electron chi connectivity index (χ4n) is 3.16. The third kappa shape index (κ3) is 3.93. The molecule has 2 aromatic heterocycles. The van der Waals surface area contributed by atoms with Crippen molar-refractivity contribution < 1.29 is 4.79 Å². The minimum Gasteiger partial charge on any atom is -0.321 e. The van der Waals surface area contributed by atoms with E-state index >= 15 is 0 Å². The lowest BCUT2D eigenvalue weighted by Crippen LogP contribution is -2.30. The number of hydrogen-bond acceptors (Lipinski definition) is 4. The second-order valence-corrected chi connectivity index (χ2v) is 7.30. The van der Waals surface area contributed by atoms with E-state index in [9.17, 15) is 9.59 Å². The summed E-state index contributed by atoms with van der Waals surface area (Å²) in [5, 5.41) is 3.51. The highest BCUT2D eigenvalue weighted by Crippen LogP contribution is 2.20. The molecule has 29 heavy (non-hydrogen) atoms. The molecular formula is C23H19N3O2S. The van der Waals surface area contributed by atoms with Gasteiger partial charge in [-0.2, -0.15) is 0 Å². The van der Waals surface area contributed by atoms with E-state index in [1.54, 1.807) is 41.1 Å². The maximum Gasteiger partial charge on any atom is 0.265 e. The van der Waals surface area contributed by atoms with Crippen LogP contribution in [0.25, 0.3) is 11.0 Å². The molecule has 0 aliphatic rings. The average Bonchev–Trinajstić information content (AvgIpc) is 2.73. The van der Waals surface area contributed by atoms with Crippen LogP contribution in [-0.2, 0) is 6.54 Å². The van der Waals surface area contributed by atoms with E-state index in [-0.39, 0.29) is 11.1 Å². The Balaban J connectivity index is 1.80. The van der Waals surface area contributed by atoms with Crippen LogP contribution in [0.4, 0.5) is 5.69 Å². The molecule has 0 saturated heterocycles. The third-order valence-electron chi connectivity index (χ3n) is 4.71. The summed E-state index contributed by atoms with van der Waals surface area (Å²) in [5.41, 5.74) is 2.88. The molecule has 0 aliphatic carbocycles. The van der Waals surface area contributed by atoms with Gasteiger partial charge in [0.15, 0.2) is 0 Å². The van der Waals surface area contributed by atoms with Crippen LogP contribution < -0.4 is 10.9 Å². The summed E-state index contributed by atoms with van der Waals surface area (Å²) in [6, 6.07) is 20.3. The van der Waals surface area contributed by atoms with Crippen molar-refractivity contribution in [3.05, 3.63) is 100.0 Å². The molecule has 0 radical (unpaired) electrons. The van der Waals surface area contributed by atoms with Gasteiger partial charge in [-0.25, -0.2) is 4.98 Å². The van der Waals surface area contributed by atoms with Crippen LogP contribution in [0, 0.1) is 6.92 Å². The highest BCUT2D eigenvalue weighted by Gasteiger charge is 2.17. The molecule has 1 amide bonds. The predicted octanol–water partition coefficient (Wildman–Crippen LogP) is 4.29. The number of nitrogens with zero attached hydrogens (tertiary/aromatic N) is 2. The molecule has 0 atom stereocenters. The molecule has 0 fully saturated rings. The normalized spacial score (nSPS) is 10.8. The lowest BCUT2D eigenvalue weighted by Gasteiger charge is -2.13. The number of para-hydroxylation sites is 1. The van der Waals surface area contributed by atoms with Gasteiger partial charge in [-0.1, -0.05) is 42.0 Å². The van der Waals surface area contributed by atoms with Gasteiger partial charge in [0.05, 0.1) is 12.2 Å². The van der Waals surface area contributed by atoms with Crippen LogP contribution >= 0.6 is 12.6 Å². The van der Waals surface area contributed by atoms with Crippen molar-refractivity contribution in [2.24, 2.45) is 0 Å². The Morgan fingerprint density at radius 1 is 1.07 bits per heavy atom. The van der Waals surface area contributed by atoms with Crippen LogP contribution in [-0.4, -0.2) is 15.5 Å². The van der Waals surface area contributed by atoms with Gasteiger partial charge in [-0.15, -0.1) is 12.6 Å². The zero-order chi connectivity index (χ0) is 20.4. The molecular weight excluding hydrogens is 382 g/mol. The number of thiol groups is 1. The molecule has 5 nitrogen and oxygen atoms in total. The van der Waals surface area contributed by atoms with Gasteiger partial charge >= 0.3 is 0 Å². The van der Waals surface area contributed by atoms with Crippen molar-refractivity contribution in [2.45, 2.75) is 18.4 Å². The van der Waals surface area contributed by atoms with Crippen molar-refractivity contribution in [3.63, 3.8) is 0 Å². The number of aryl methyl sites for hydroxylation is 1. The largest absolute Gasteiger partial charge is 0.321 e. The maximum atomic E-state index is 13.2. The molecule has 4 aromatic rings. The molecule has 0 spiro atoms. The van der Waals surface area contributed by atoms with Gasteiger partial charge in [-0.3, -0.25) is 14.2 Å². The number of fused-ring (bicyclic) bond motifs is 1. The Morgan fingerprint density at radius 2 is 1.83 bits per heavy atom. The predicted molar refractivity (Wildman–Crippen MR) is 118 cm³/mol. The van der Waals surface area contributed by atoms with Crippen LogP contribution in [0.2, 0.25) is 0 Å². The Morgan fingerprint density at radius 3 is 2.59 bits per heavy atom. The molecule has 6 heteroatoms. The number of carbonyl (C=O) groups is 1. The van der Waals surface area contributed by atoms with Crippen LogP contribution in [0.5, 0.6) is 0 Å².